The molecule has 1 aliphatic heterocycles. The Morgan fingerprint density at radius 3 is 2.06 bits per heavy atom. The van der Waals surface area contributed by atoms with Gasteiger partial charge in [-0.05, 0) is 57.2 Å². The van der Waals surface area contributed by atoms with E-state index in [1.807, 2.05) is 54.6 Å². The number of fused-ring (bicyclic) bond motifs is 7. The molecule has 47 heavy (non-hydrogen) atoms. The summed E-state index contributed by atoms with van der Waals surface area (Å²) in [6.45, 7) is 0. The van der Waals surface area contributed by atoms with Crippen LogP contribution in [0.1, 0.15) is 39.3 Å². The van der Waals surface area contributed by atoms with E-state index in [0.717, 1.165) is 62.0 Å². The standard InChI is InChI=1S/C40H27N7/c1-46-25-47(38-34(46)18-9-22-43-38)40(33-17-5-3-13-29(33)31-15-8-21-42-37(31)40)27-11-6-10-26(24-27)39(35-19-23-44-45-35)32-16-4-2-12-28(32)30-14-7-20-41-36(30)39/h2-24H,1H3,(H,44,45)/q+2. The number of aromatic nitrogens is 5. The van der Waals surface area contributed by atoms with Gasteiger partial charge in [-0.15, -0.1) is 0 Å². The van der Waals surface area contributed by atoms with Crippen molar-refractivity contribution in [1.82, 2.24) is 25.1 Å². The van der Waals surface area contributed by atoms with Crippen LogP contribution in [0.2, 0.25) is 0 Å². The van der Waals surface area contributed by atoms with Gasteiger partial charge in [0.15, 0.2) is 7.05 Å². The molecule has 5 heterocycles. The van der Waals surface area contributed by atoms with Crippen LogP contribution in [0, 0.1) is 0 Å². The molecule has 3 aliphatic rings. The summed E-state index contributed by atoms with van der Waals surface area (Å²) in [5, 5.41) is 7.82. The van der Waals surface area contributed by atoms with Gasteiger partial charge in [0.05, 0.1) is 11.4 Å². The maximum absolute atomic E-state index is 5.16. The summed E-state index contributed by atoms with van der Waals surface area (Å²) in [4.78, 5) is 15.2. The molecule has 0 amide bonds. The third kappa shape index (κ3) is 3.16. The topological polar surface area (TPSA) is 73.4 Å². The molecule has 0 bridgehead atoms. The number of nitrogens with zero attached hydrogens (tertiary/aromatic N) is 6. The van der Waals surface area contributed by atoms with Crippen molar-refractivity contribution >= 4 is 17.5 Å². The van der Waals surface area contributed by atoms with Crippen LogP contribution in [0.5, 0.6) is 0 Å². The molecule has 1 N–H and O–H groups in total. The number of pyridine rings is 3. The third-order valence-electron chi connectivity index (χ3n) is 10.1. The fraction of sp³-hybridized carbons (Fsp3) is 0.0750. The van der Waals surface area contributed by atoms with Crippen LogP contribution >= 0.6 is 0 Å². The van der Waals surface area contributed by atoms with E-state index in [1.54, 1.807) is 0 Å². The molecule has 0 fully saturated rings. The van der Waals surface area contributed by atoms with E-state index in [4.69, 9.17) is 15.0 Å². The van der Waals surface area contributed by atoms with Crippen molar-refractivity contribution in [3.63, 3.8) is 0 Å². The second-order valence-corrected chi connectivity index (χ2v) is 12.2. The van der Waals surface area contributed by atoms with Crippen molar-refractivity contribution in [1.29, 1.82) is 0 Å². The molecule has 4 aromatic heterocycles. The molecule has 10 rings (SSSR count). The highest BCUT2D eigenvalue weighted by atomic mass is 15.3. The first-order chi connectivity index (χ1) is 23.2. The summed E-state index contributed by atoms with van der Waals surface area (Å²) in [7, 11) is 2.02. The smallest absolute Gasteiger partial charge is 0.281 e. The average Bonchev–Trinajstić information content (AvgIpc) is 3.91. The number of nitrogens with one attached hydrogen (secondary N) is 1. The summed E-state index contributed by atoms with van der Waals surface area (Å²) in [5.41, 5.74) is 11.3. The normalized spacial score (nSPS) is 19.7. The van der Waals surface area contributed by atoms with Gasteiger partial charge >= 0.3 is 17.5 Å². The molecule has 7 aromatic rings. The van der Waals surface area contributed by atoms with Gasteiger partial charge < -0.3 is 0 Å². The Labute approximate surface area is 270 Å². The fourth-order valence-electron chi connectivity index (χ4n) is 8.28. The maximum Gasteiger partial charge on any atom is 0.492 e. The minimum Gasteiger partial charge on any atom is -0.281 e. The number of aromatic amines is 1. The number of rotatable bonds is 4. The van der Waals surface area contributed by atoms with E-state index in [-0.39, 0.29) is 0 Å². The molecule has 7 nitrogen and oxygen atoms in total. The molecule has 0 saturated heterocycles. The maximum atomic E-state index is 5.16. The largest absolute Gasteiger partial charge is 0.492 e. The number of hydrogen-bond acceptors (Lipinski definition) is 4. The second-order valence-electron chi connectivity index (χ2n) is 12.2. The Hall–Kier alpha value is -6.30. The highest BCUT2D eigenvalue weighted by Gasteiger charge is 2.61. The Bertz CT molecular complexity index is 2400. The van der Waals surface area contributed by atoms with Crippen LogP contribution in [0.3, 0.4) is 0 Å². The Balaban J connectivity index is 1.34. The van der Waals surface area contributed by atoms with E-state index >= 15 is 0 Å². The van der Waals surface area contributed by atoms with Gasteiger partial charge in [-0.1, -0.05) is 83.4 Å². The number of H-pyrrole nitrogens is 1. The van der Waals surface area contributed by atoms with Gasteiger partial charge in [0, 0.05) is 53.1 Å². The van der Waals surface area contributed by atoms with Crippen molar-refractivity contribution in [3.8, 4) is 22.3 Å². The lowest BCUT2D eigenvalue weighted by atomic mass is 9.70. The molecular formula is C40H27N7+2. The molecule has 3 aromatic carbocycles. The highest BCUT2D eigenvalue weighted by molar-refractivity contribution is 5.85. The van der Waals surface area contributed by atoms with Gasteiger partial charge in [-0.2, -0.15) is 10.1 Å². The van der Waals surface area contributed by atoms with Crippen LogP contribution in [0.15, 0.2) is 140 Å². The Morgan fingerprint density at radius 1 is 0.596 bits per heavy atom. The van der Waals surface area contributed by atoms with Gasteiger partial charge in [0.2, 0.25) is 0 Å². The van der Waals surface area contributed by atoms with Crippen molar-refractivity contribution in [3.05, 3.63) is 179 Å². The third-order valence-corrected chi connectivity index (χ3v) is 10.1. The average molecular weight is 606 g/mol. The first-order valence-electron chi connectivity index (χ1n) is 15.7. The Kier molecular flexibility index (Phi) is 5.17. The first kappa shape index (κ1) is 26.0. The zero-order chi connectivity index (χ0) is 31.2. The van der Waals surface area contributed by atoms with Crippen molar-refractivity contribution in [2.75, 3.05) is 7.05 Å². The summed E-state index contributed by atoms with van der Waals surface area (Å²) >= 11 is 0. The van der Waals surface area contributed by atoms with E-state index in [1.165, 1.54) is 11.1 Å². The molecule has 0 radical (unpaired) electrons. The minimum atomic E-state index is -0.864. The Morgan fingerprint density at radius 2 is 1.26 bits per heavy atom. The lowest BCUT2D eigenvalue weighted by molar-refractivity contribution is -0.521. The summed E-state index contributed by atoms with van der Waals surface area (Å²) in [6, 6.07) is 44.4. The fourth-order valence-corrected chi connectivity index (χ4v) is 8.28. The van der Waals surface area contributed by atoms with Crippen molar-refractivity contribution in [2.45, 2.75) is 11.0 Å². The number of hydrogen-bond donors (Lipinski definition) is 1. The molecular weight excluding hydrogens is 578 g/mol. The van der Waals surface area contributed by atoms with Crippen molar-refractivity contribution in [2.24, 2.45) is 0 Å². The zero-order valence-corrected chi connectivity index (χ0v) is 25.5. The van der Waals surface area contributed by atoms with Crippen LogP contribution in [0.4, 0.5) is 11.5 Å². The van der Waals surface area contributed by atoms with E-state index in [9.17, 15) is 0 Å². The molecule has 7 heteroatoms. The predicted molar refractivity (Wildman–Crippen MR) is 178 cm³/mol. The van der Waals surface area contributed by atoms with E-state index in [0.29, 0.717) is 0 Å². The molecule has 2 aliphatic carbocycles. The lowest BCUT2D eigenvalue weighted by Gasteiger charge is -2.32. The summed E-state index contributed by atoms with van der Waals surface area (Å²) in [6.07, 6.45) is 7.46. The zero-order valence-electron chi connectivity index (χ0n) is 25.5. The van der Waals surface area contributed by atoms with Gasteiger partial charge in [0.25, 0.3) is 5.54 Å². The summed E-state index contributed by atoms with van der Waals surface area (Å²) < 4.78 is 4.22. The molecule has 220 valence electrons. The minimum absolute atomic E-state index is 0.725. The van der Waals surface area contributed by atoms with Gasteiger partial charge in [-0.25, -0.2) is 0 Å². The van der Waals surface area contributed by atoms with Gasteiger partial charge in [-0.3, -0.25) is 15.1 Å². The van der Waals surface area contributed by atoms with E-state index in [2.05, 4.69) is 118 Å². The first-order valence-corrected chi connectivity index (χ1v) is 15.7. The number of benzene rings is 3. The monoisotopic (exact) mass is 605 g/mol. The van der Waals surface area contributed by atoms with Crippen LogP contribution in [-0.4, -0.2) is 47.4 Å². The lowest BCUT2D eigenvalue weighted by Crippen LogP contribution is -2.39. The van der Waals surface area contributed by atoms with E-state index < -0.39 is 11.0 Å². The van der Waals surface area contributed by atoms with Crippen molar-refractivity contribution < 1.29 is 9.15 Å². The second kappa shape index (κ2) is 9.36. The summed E-state index contributed by atoms with van der Waals surface area (Å²) in [5.74, 6) is 0.829. The van der Waals surface area contributed by atoms with Crippen LogP contribution in [-0.2, 0) is 11.0 Å². The highest BCUT2D eigenvalue weighted by Crippen LogP contribution is 2.58. The quantitative estimate of drug-likeness (QED) is 0.219. The molecule has 2 unspecified atom stereocenters. The molecule has 0 saturated carbocycles. The molecule has 2 atom stereocenters. The van der Waals surface area contributed by atoms with Crippen LogP contribution in [0.25, 0.3) is 22.3 Å². The predicted octanol–water partition coefficient (Wildman–Crippen LogP) is 7.04. The van der Waals surface area contributed by atoms with Gasteiger partial charge in [0.1, 0.15) is 11.1 Å². The van der Waals surface area contributed by atoms with Crippen LogP contribution < -0.4 is 0 Å². The SMILES string of the molecule is C[N+]1=C=[N+](C2(c3cccc(C4(c5ccn[nH]5)c5ccccc5-c5cccnc54)c3)c3ccccc3-c3cccnc32)c2ncccc21. The molecule has 0 spiro atoms.